The summed E-state index contributed by atoms with van der Waals surface area (Å²) in [4.78, 5) is 11.5. The Morgan fingerprint density at radius 3 is 2.87 bits per heavy atom. The van der Waals surface area contributed by atoms with Crippen LogP contribution in [0.4, 0.5) is 0 Å². The Labute approximate surface area is 90.5 Å². The highest BCUT2D eigenvalue weighted by Crippen LogP contribution is 2.24. The lowest BCUT2D eigenvalue weighted by molar-refractivity contribution is -0.120. The van der Waals surface area contributed by atoms with Gasteiger partial charge in [-0.15, -0.1) is 0 Å². The number of ketones is 1. The topological polar surface area (TPSA) is 34.9 Å². The number of hydrogen-bond donors (Lipinski definition) is 0. The Balaban J connectivity index is 1.92. The highest BCUT2D eigenvalue weighted by Gasteiger charge is 2.23. The van der Waals surface area contributed by atoms with Crippen LogP contribution in [0.15, 0.2) is 6.07 Å². The lowest BCUT2D eigenvalue weighted by Crippen LogP contribution is -2.12. The lowest BCUT2D eigenvalue weighted by Gasteiger charge is -2.08. The third-order valence-electron chi connectivity index (χ3n) is 3.22. The first kappa shape index (κ1) is 10.4. The Hall–Kier alpha value is -1.12. The molecule has 1 aliphatic carbocycles. The number of aryl methyl sites for hydroxylation is 3. The molecule has 82 valence electrons. The number of hydrogen-bond acceptors (Lipinski definition) is 2. The molecule has 2 rings (SSSR count). The second-order valence-corrected chi connectivity index (χ2v) is 4.49. The number of Topliss-reactive ketones (excluding diaryl/α,β-unsaturated/α-hetero) is 1. The maximum Gasteiger partial charge on any atom is 0.136 e. The van der Waals surface area contributed by atoms with E-state index in [0.717, 1.165) is 37.9 Å². The zero-order valence-electron chi connectivity index (χ0n) is 9.49. The largest absolute Gasteiger partial charge is 0.299 e. The molecule has 1 aromatic heterocycles. The van der Waals surface area contributed by atoms with Gasteiger partial charge in [0.15, 0.2) is 0 Å². The van der Waals surface area contributed by atoms with E-state index in [-0.39, 0.29) is 0 Å². The molecule has 1 aliphatic rings. The van der Waals surface area contributed by atoms with Gasteiger partial charge in [0.2, 0.25) is 0 Å². The van der Waals surface area contributed by atoms with E-state index in [4.69, 9.17) is 0 Å². The zero-order chi connectivity index (χ0) is 10.8. The van der Waals surface area contributed by atoms with Crippen molar-refractivity contribution in [2.24, 2.45) is 5.92 Å². The fraction of sp³-hybridized carbons (Fsp3) is 0.667. The molecule has 3 nitrogen and oxygen atoms in total. The average Bonchev–Trinajstić information content (AvgIpc) is 2.70. The minimum atomic E-state index is 0.300. The second-order valence-electron chi connectivity index (χ2n) is 4.49. The highest BCUT2D eigenvalue weighted by atomic mass is 16.1. The van der Waals surface area contributed by atoms with Gasteiger partial charge in [0.1, 0.15) is 5.78 Å². The molecule has 0 aromatic carbocycles. The molecule has 1 unspecified atom stereocenters. The standard InChI is InChI=1S/C12H18N2O/c1-9-8-10(2)14(13-9)7-6-11-4-3-5-12(11)15/h8,11H,3-7H2,1-2H3. The van der Waals surface area contributed by atoms with Gasteiger partial charge < -0.3 is 0 Å². The van der Waals surface area contributed by atoms with Crippen LogP contribution in [0.2, 0.25) is 0 Å². The van der Waals surface area contributed by atoms with Gasteiger partial charge in [-0.1, -0.05) is 0 Å². The number of carbonyl (C=O) groups excluding carboxylic acids is 1. The molecule has 0 N–H and O–H groups in total. The van der Waals surface area contributed by atoms with Gasteiger partial charge in [-0.2, -0.15) is 5.10 Å². The Morgan fingerprint density at radius 1 is 1.53 bits per heavy atom. The number of nitrogens with zero attached hydrogens (tertiary/aromatic N) is 2. The first-order valence-electron chi connectivity index (χ1n) is 5.70. The van der Waals surface area contributed by atoms with Crippen LogP contribution in [0, 0.1) is 19.8 Å². The van der Waals surface area contributed by atoms with Crippen LogP contribution in [0.25, 0.3) is 0 Å². The molecule has 15 heavy (non-hydrogen) atoms. The molecule has 1 aromatic rings. The van der Waals surface area contributed by atoms with E-state index >= 15 is 0 Å². The summed E-state index contributed by atoms with van der Waals surface area (Å²) in [6, 6.07) is 2.08. The molecule has 0 radical (unpaired) electrons. The minimum absolute atomic E-state index is 0.300. The molecule has 1 heterocycles. The van der Waals surface area contributed by atoms with E-state index in [1.54, 1.807) is 0 Å². The van der Waals surface area contributed by atoms with Crippen molar-refractivity contribution in [3.63, 3.8) is 0 Å². The van der Waals surface area contributed by atoms with Crippen LogP contribution in [-0.2, 0) is 11.3 Å². The third kappa shape index (κ3) is 2.28. The van der Waals surface area contributed by atoms with Crippen LogP contribution in [0.5, 0.6) is 0 Å². The minimum Gasteiger partial charge on any atom is -0.299 e. The molecule has 1 fully saturated rings. The van der Waals surface area contributed by atoms with Gasteiger partial charge >= 0.3 is 0 Å². The van der Waals surface area contributed by atoms with E-state index in [0.29, 0.717) is 11.7 Å². The summed E-state index contributed by atoms with van der Waals surface area (Å²) >= 11 is 0. The monoisotopic (exact) mass is 206 g/mol. The average molecular weight is 206 g/mol. The van der Waals surface area contributed by atoms with Crippen LogP contribution in [0.1, 0.15) is 37.1 Å². The van der Waals surface area contributed by atoms with Crippen molar-refractivity contribution < 1.29 is 4.79 Å². The van der Waals surface area contributed by atoms with E-state index in [1.807, 2.05) is 11.6 Å². The summed E-state index contributed by atoms with van der Waals surface area (Å²) in [6.07, 6.45) is 3.92. The zero-order valence-corrected chi connectivity index (χ0v) is 9.49. The molecule has 0 bridgehead atoms. The first-order valence-corrected chi connectivity index (χ1v) is 5.70. The molecule has 0 spiro atoms. The van der Waals surface area contributed by atoms with Crippen LogP contribution < -0.4 is 0 Å². The maximum absolute atomic E-state index is 11.5. The normalized spacial score (nSPS) is 21.2. The SMILES string of the molecule is Cc1cc(C)n(CCC2CCCC2=O)n1. The molecule has 0 aliphatic heterocycles. The maximum atomic E-state index is 11.5. The molecule has 1 atom stereocenters. The third-order valence-corrected chi connectivity index (χ3v) is 3.22. The number of rotatable bonds is 3. The Morgan fingerprint density at radius 2 is 2.33 bits per heavy atom. The fourth-order valence-electron chi connectivity index (χ4n) is 2.37. The molecular weight excluding hydrogens is 188 g/mol. The van der Waals surface area contributed by atoms with E-state index in [1.165, 1.54) is 5.69 Å². The summed E-state index contributed by atoms with van der Waals surface area (Å²) in [5.41, 5.74) is 2.25. The smallest absolute Gasteiger partial charge is 0.136 e. The number of aromatic nitrogens is 2. The summed E-state index contributed by atoms with van der Waals surface area (Å²) in [5, 5.41) is 4.40. The van der Waals surface area contributed by atoms with E-state index in [9.17, 15) is 4.79 Å². The van der Waals surface area contributed by atoms with E-state index < -0.39 is 0 Å². The first-order chi connectivity index (χ1) is 7.16. The summed E-state index contributed by atoms with van der Waals surface area (Å²) < 4.78 is 2.01. The van der Waals surface area contributed by atoms with Gasteiger partial charge in [0, 0.05) is 24.6 Å². The van der Waals surface area contributed by atoms with Crippen molar-refractivity contribution in [1.82, 2.24) is 9.78 Å². The van der Waals surface area contributed by atoms with Crippen molar-refractivity contribution in [2.45, 2.75) is 46.1 Å². The van der Waals surface area contributed by atoms with Crippen molar-refractivity contribution in [3.8, 4) is 0 Å². The Bertz CT molecular complexity index is 368. The summed E-state index contributed by atoms with van der Waals surface area (Å²) in [6.45, 7) is 4.96. The quantitative estimate of drug-likeness (QED) is 0.760. The van der Waals surface area contributed by atoms with Gasteiger partial charge in [0.05, 0.1) is 5.69 Å². The predicted octanol–water partition coefficient (Wildman–Crippen LogP) is 2.26. The van der Waals surface area contributed by atoms with Gasteiger partial charge in [-0.25, -0.2) is 0 Å². The van der Waals surface area contributed by atoms with Gasteiger partial charge in [-0.05, 0) is 39.2 Å². The second kappa shape index (κ2) is 4.17. The van der Waals surface area contributed by atoms with Crippen molar-refractivity contribution in [2.75, 3.05) is 0 Å². The predicted molar refractivity (Wildman–Crippen MR) is 58.7 cm³/mol. The van der Waals surface area contributed by atoms with Crippen LogP contribution in [-0.4, -0.2) is 15.6 Å². The number of carbonyl (C=O) groups is 1. The van der Waals surface area contributed by atoms with Crippen molar-refractivity contribution >= 4 is 5.78 Å². The van der Waals surface area contributed by atoms with Crippen molar-refractivity contribution in [3.05, 3.63) is 17.5 Å². The molecule has 0 amide bonds. The van der Waals surface area contributed by atoms with Gasteiger partial charge in [0.25, 0.3) is 0 Å². The molecule has 3 heteroatoms. The van der Waals surface area contributed by atoms with Crippen molar-refractivity contribution in [1.29, 1.82) is 0 Å². The van der Waals surface area contributed by atoms with Crippen LogP contribution >= 0.6 is 0 Å². The summed E-state index contributed by atoms with van der Waals surface area (Å²) in [7, 11) is 0. The van der Waals surface area contributed by atoms with E-state index in [2.05, 4.69) is 18.1 Å². The van der Waals surface area contributed by atoms with Gasteiger partial charge in [-0.3, -0.25) is 9.48 Å². The summed E-state index contributed by atoms with van der Waals surface area (Å²) in [5.74, 6) is 0.755. The Kier molecular flexibility index (Phi) is 2.89. The fourth-order valence-corrected chi connectivity index (χ4v) is 2.37. The molecular formula is C12H18N2O. The lowest BCUT2D eigenvalue weighted by atomic mass is 10.0. The highest BCUT2D eigenvalue weighted by molar-refractivity contribution is 5.82. The van der Waals surface area contributed by atoms with Crippen LogP contribution in [0.3, 0.4) is 0 Å². The molecule has 1 saturated carbocycles. The molecule has 0 saturated heterocycles.